The van der Waals surface area contributed by atoms with Crippen molar-refractivity contribution >= 4 is 27.6 Å². The molecule has 2 rings (SSSR count). The summed E-state index contributed by atoms with van der Waals surface area (Å²) in [4.78, 5) is 20.7. The monoisotopic (exact) mass is 226 g/mol. The predicted molar refractivity (Wildman–Crippen MR) is 53.5 cm³/mol. The minimum absolute atomic E-state index is 0.389. The van der Waals surface area contributed by atoms with Crippen LogP contribution in [0, 0.1) is 0 Å². The Balaban J connectivity index is 2.30. The summed E-state index contributed by atoms with van der Waals surface area (Å²) in [5, 5.41) is 8.40. The summed E-state index contributed by atoms with van der Waals surface area (Å²) in [7, 11) is 0. The largest absolute Gasteiger partial charge is 0.482 e. The maximum absolute atomic E-state index is 10.9. The first-order chi connectivity index (χ1) is 7.15. The lowest BCUT2D eigenvalue weighted by atomic mass is 10.3. The van der Waals surface area contributed by atoms with Crippen LogP contribution in [-0.2, 0) is 4.79 Å². The maximum Gasteiger partial charge on any atom is 0.396 e. The quantitative estimate of drug-likeness (QED) is 0.854. The molecule has 0 fully saturated rings. The van der Waals surface area contributed by atoms with E-state index in [0.717, 1.165) is 11.3 Å². The van der Waals surface area contributed by atoms with Crippen LogP contribution in [0.15, 0.2) is 27.4 Å². The lowest BCUT2D eigenvalue weighted by Crippen LogP contribution is -2.09. The molecular formula is C9H6O5S. The van der Waals surface area contributed by atoms with Crippen LogP contribution < -0.4 is 9.68 Å². The standard InChI is InChI=1S/C9H6O5S/c10-8(11)4-13-5-1-2-6-7(3-5)15-9(12)14-6/h1-3H,4H2,(H,10,11). The van der Waals surface area contributed by atoms with Gasteiger partial charge in [0.25, 0.3) is 0 Å². The highest BCUT2D eigenvalue weighted by Crippen LogP contribution is 2.22. The fraction of sp³-hybridized carbons (Fsp3) is 0.111. The minimum Gasteiger partial charge on any atom is -0.482 e. The van der Waals surface area contributed by atoms with Crippen LogP contribution in [0.1, 0.15) is 0 Å². The van der Waals surface area contributed by atoms with Crippen molar-refractivity contribution in [2.45, 2.75) is 0 Å². The summed E-state index contributed by atoms with van der Waals surface area (Å²) in [5.74, 6) is -0.641. The number of ether oxygens (including phenoxy) is 1. The molecule has 1 heterocycles. The molecule has 5 nitrogen and oxygen atoms in total. The number of carboxylic acids is 1. The number of carboxylic acid groups (broad SMARTS) is 1. The van der Waals surface area contributed by atoms with Gasteiger partial charge in [-0.1, -0.05) is 11.3 Å². The van der Waals surface area contributed by atoms with Crippen LogP contribution in [0.5, 0.6) is 5.75 Å². The summed E-state index contributed by atoms with van der Waals surface area (Å²) in [6.45, 7) is -0.405. The number of hydrogen-bond donors (Lipinski definition) is 1. The molecule has 0 unspecified atom stereocenters. The molecule has 0 saturated carbocycles. The molecular weight excluding hydrogens is 220 g/mol. The fourth-order valence-corrected chi connectivity index (χ4v) is 1.78. The Morgan fingerprint density at radius 3 is 3.07 bits per heavy atom. The second kappa shape index (κ2) is 3.74. The van der Waals surface area contributed by atoms with Gasteiger partial charge < -0.3 is 14.3 Å². The third kappa shape index (κ3) is 2.16. The fourth-order valence-electron chi connectivity index (χ4n) is 1.09. The van der Waals surface area contributed by atoms with E-state index in [9.17, 15) is 9.59 Å². The molecule has 1 aromatic heterocycles. The van der Waals surface area contributed by atoms with Crippen LogP contribution in [0.2, 0.25) is 0 Å². The molecule has 0 bridgehead atoms. The first-order valence-corrected chi connectivity index (χ1v) is 4.85. The van der Waals surface area contributed by atoms with Gasteiger partial charge in [-0.2, -0.15) is 0 Å². The van der Waals surface area contributed by atoms with E-state index in [1.54, 1.807) is 18.2 Å². The molecule has 0 spiro atoms. The van der Waals surface area contributed by atoms with Crippen molar-refractivity contribution in [3.05, 3.63) is 27.9 Å². The number of hydrogen-bond acceptors (Lipinski definition) is 5. The van der Waals surface area contributed by atoms with Gasteiger partial charge in [0.2, 0.25) is 0 Å². The number of aliphatic carboxylic acids is 1. The van der Waals surface area contributed by atoms with Crippen LogP contribution in [-0.4, -0.2) is 17.7 Å². The second-order valence-corrected chi connectivity index (χ2v) is 3.72. The van der Waals surface area contributed by atoms with E-state index in [4.69, 9.17) is 14.3 Å². The lowest BCUT2D eigenvalue weighted by Gasteiger charge is -2.01. The Morgan fingerprint density at radius 2 is 2.33 bits per heavy atom. The van der Waals surface area contributed by atoms with Gasteiger partial charge in [-0.05, 0) is 12.1 Å². The van der Waals surface area contributed by atoms with Crippen LogP contribution in [0.4, 0.5) is 0 Å². The summed E-state index contributed by atoms with van der Waals surface area (Å²) in [6, 6.07) is 4.71. The van der Waals surface area contributed by atoms with Gasteiger partial charge in [0, 0.05) is 6.07 Å². The van der Waals surface area contributed by atoms with Gasteiger partial charge in [-0.15, -0.1) is 0 Å². The van der Waals surface area contributed by atoms with E-state index in [-0.39, 0.29) is 4.94 Å². The highest BCUT2D eigenvalue weighted by atomic mass is 32.1. The normalized spacial score (nSPS) is 10.4. The number of fused-ring (bicyclic) bond motifs is 1. The minimum atomic E-state index is -1.05. The Morgan fingerprint density at radius 1 is 1.53 bits per heavy atom. The van der Waals surface area contributed by atoms with Crippen molar-refractivity contribution in [2.75, 3.05) is 6.61 Å². The molecule has 0 aliphatic rings. The third-order valence-corrected chi connectivity index (χ3v) is 2.45. The highest BCUT2D eigenvalue weighted by Gasteiger charge is 2.04. The summed E-state index contributed by atoms with van der Waals surface area (Å²) < 4.78 is 10.4. The Hall–Kier alpha value is -1.82. The molecule has 0 amide bonds. The highest BCUT2D eigenvalue weighted by molar-refractivity contribution is 7.16. The van der Waals surface area contributed by atoms with E-state index < -0.39 is 12.6 Å². The number of rotatable bonds is 3. The Kier molecular flexibility index (Phi) is 2.42. The number of carbonyl (C=O) groups is 1. The van der Waals surface area contributed by atoms with Crippen molar-refractivity contribution < 1.29 is 19.1 Å². The zero-order chi connectivity index (χ0) is 10.8. The van der Waals surface area contributed by atoms with Crippen molar-refractivity contribution in [3.63, 3.8) is 0 Å². The van der Waals surface area contributed by atoms with Crippen molar-refractivity contribution in [3.8, 4) is 5.75 Å². The predicted octanol–water partition coefficient (Wildman–Crippen LogP) is 1.32. The average molecular weight is 226 g/mol. The van der Waals surface area contributed by atoms with Gasteiger partial charge in [0.1, 0.15) is 11.3 Å². The van der Waals surface area contributed by atoms with E-state index in [1.165, 1.54) is 0 Å². The van der Waals surface area contributed by atoms with Gasteiger partial charge in [0.15, 0.2) is 6.61 Å². The Bertz CT molecular complexity index is 553. The topological polar surface area (TPSA) is 76.7 Å². The first-order valence-electron chi connectivity index (χ1n) is 4.03. The lowest BCUT2D eigenvalue weighted by molar-refractivity contribution is -0.139. The molecule has 0 saturated heterocycles. The van der Waals surface area contributed by atoms with E-state index in [2.05, 4.69) is 0 Å². The molecule has 2 aromatic rings. The second-order valence-electron chi connectivity index (χ2n) is 2.75. The van der Waals surface area contributed by atoms with Gasteiger partial charge >= 0.3 is 10.9 Å². The Labute approximate surface area is 87.5 Å². The van der Waals surface area contributed by atoms with Gasteiger partial charge in [0.05, 0.1) is 4.70 Å². The third-order valence-electron chi connectivity index (χ3n) is 1.66. The smallest absolute Gasteiger partial charge is 0.396 e. The SMILES string of the molecule is O=C(O)COc1ccc2oc(=O)sc2c1. The molecule has 78 valence electrons. The molecule has 0 aliphatic heterocycles. The van der Waals surface area contributed by atoms with E-state index in [0.29, 0.717) is 16.0 Å². The molecule has 15 heavy (non-hydrogen) atoms. The first kappa shape index (κ1) is 9.72. The van der Waals surface area contributed by atoms with Crippen LogP contribution in [0.25, 0.3) is 10.3 Å². The molecule has 6 heteroatoms. The van der Waals surface area contributed by atoms with E-state index in [1.807, 2.05) is 0 Å². The molecule has 0 atom stereocenters. The summed E-state index contributed by atoms with van der Waals surface area (Å²) in [5.41, 5.74) is 0.479. The van der Waals surface area contributed by atoms with Gasteiger partial charge in [-0.3, -0.25) is 0 Å². The average Bonchev–Trinajstić information content (AvgIpc) is 2.53. The number of benzene rings is 1. The molecule has 1 aromatic carbocycles. The van der Waals surface area contributed by atoms with Crippen molar-refractivity contribution in [2.24, 2.45) is 0 Å². The van der Waals surface area contributed by atoms with Gasteiger partial charge in [-0.25, -0.2) is 9.59 Å². The maximum atomic E-state index is 10.9. The van der Waals surface area contributed by atoms with Crippen LogP contribution in [0.3, 0.4) is 0 Å². The molecule has 0 aliphatic carbocycles. The summed E-state index contributed by atoms with van der Waals surface area (Å²) in [6.07, 6.45) is 0. The van der Waals surface area contributed by atoms with Crippen molar-refractivity contribution in [1.82, 2.24) is 0 Å². The zero-order valence-corrected chi connectivity index (χ0v) is 8.24. The van der Waals surface area contributed by atoms with Crippen molar-refractivity contribution in [1.29, 1.82) is 0 Å². The zero-order valence-electron chi connectivity index (χ0n) is 7.43. The summed E-state index contributed by atoms with van der Waals surface area (Å²) >= 11 is 0.951. The van der Waals surface area contributed by atoms with Crippen LogP contribution >= 0.6 is 11.3 Å². The van der Waals surface area contributed by atoms with E-state index >= 15 is 0 Å². The molecule has 1 N–H and O–H groups in total. The molecule has 0 radical (unpaired) electrons.